The van der Waals surface area contributed by atoms with E-state index in [0.29, 0.717) is 29.7 Å². The number of anilines is 1. The molecule has 1 aromatic carbocycles. The minimum absolute atomic E-state index is 0.290. The summed E-state index contributed by atoms with van der Waals surface area (Å²) in [7, 11) is 7.32. The van der Waals surface area contributed by atoms with Gasteiger partial charge in [-0.2, -0.15) is 0 Å². The lowest BCUT2D eigenvalue weighted by Crippen LogP contribution is -2.61. The van der Waals surface area contributed by atoms with E-state index in [1.54, 1.807) is 28.0 Å². The molecule has 234 valence electrons. The number of halogens is 2. The Balaban J connectivity index is 1.33. The number of nitrogens with one attached hydrogen (secondary N) is 1. The van der Waals surface area contributed by atoms with E-state index in [9.17, 15) is 8.78 Å². The number of hydrogen-bond acceptors (Lipinski definition) is 5. The summed E-state index contributed by atoms with van der Waals surface area (Å²) in [6.07, 6.45) is 8.52. The molecular weight excluding hydrogens is 565 g/mol. The molecule has 5 rings (SSSR count). The van der Waals surface area contributed by atoms with Gasteiger partial charge < -0.3 is 24.3 Å². The van der Waals surface area contributed by atoms with Crippen molar-refractivity contribution in [3.8, 4) is 17.6 Å². The van der Waals surface area contributed by atoms with Crippen molar-refractivity contribution in [1.29, 1.82) is 0 Å². The molecule has 1 saturated carbocycles. The molecule has 2 aromatic rings. The van der Waals surface area contributed by atoms with Gasteiger partial charge in [0.2, 0.25) is 0 Å². The van der Waals surface area contributed by atoms with E-state index in [2.05, 4.69) is 47.0 Å². The topological polar surface area (TPSA) is 41.9 Å². The Morgan fingerprint density at radius 2 is 1.91 bits per heavy atom. The Labute approximate surface area is 257 Å². The highest BCUT2D eigenvalue weighted by Crippen LogP contribution is 2.37. The zero-order valence-electron chi connectivity index (χ0n) is 26.3. The standard InChI is InChI=1S/C34H47F2N4O2P/c1-24-11-16-29(32(18-24)42-5)37-17-7-8-27-19-28-30(9-6-10-31(28)40(27)22-34(35,36)43)38(3)25-12-14-26(15-13-25)39-20-33(2,21-39)23-41-4/h10-11,16,18-19,25-26,37H,6,9,12-15,17,20-23,43H2,1-5H3. The number of methoxy groups -OCH3 is 2. The Kier molecular flexibility index (Phi) is 9.76. The van der Waals surface area contributed by atoms with Crippen LogP contribution in [0, 0.1) is 24.2 Å². The molecule has 1 atom stereocenters. The van der Waals surface area contributed by atoms with Gasteiger partial charge in [-0.1, -0.05) is 34.2 Å². The summed E-state index contributed by atoms with van der Waals surface area (Å²) in [6.45, 7) is 7.34. The van der Waals surface area contributed by atoms with Crippen molar-refractivity contribution in [2.75, 3.05) is 52.8 Å². The molecule has 1 unspecified atom stereocenters. The smallest absolute Gasteiger partial charge is 0.276 e. The van der Waals surface area contributed by atoms with Crippen LogP contribution in [0.15, 0.2) is 24.3 Å². The first kappa shape index (κ1) is 31.8. The maximum atomic E-state index is 14.4. The molecule has 6 nitrogen and oxygen atoms in total. The number of aromatic nitrogens is 1. The molecule has 2 aliphatic carbocycles. The molecule has 0 amide bonds. The summed E-state index contributed by atoms with van der Waals surface area (Å²) in [6, 6.07) is 9.07. The second-order valence-corrected chi connectivity index (χ2v) is 13.8. The average Bonchev–Trinajstić information content (AvgIpc) is 3.30. The van der Waals surface area contributed by atoms with E-state index >= 15 is 0 Å². The second kappa shape index (κ2) is 13.2. The summed E-state index contributed by atoms with van der Waals surface area (Å²) < 4.78 is 41.3. The summed E-state index contributed by atoms with van der Waals surface area (Å²) in [5.74, 6) is 7.11. The van der Waals surface area contributed by atoms with E-state index in [-0.39, 0.29) is 0 Å². The Morgan fingerprint density at radius 3 is 2.58 bits per heavy atom. The Hall–Kier alpha value is -2.59. The van der Waals surface area contributed by atoms with Crippen molar-refractivity contribution >= 4 is 26.7 Å². The van der Waals surface area contributed by atoms with Crippen molar-refractivity contribution in [3.05, 3.63) is 46.1 Å². The lowest BCUT2D eigenvalue weighted by molar-refractivity contribution is -0.0722. The fraction of sp³-hybridized carbons (Fsp3) is 0.588. The lowest BCUT2D eigenvalue weighted by Gasteiger charge is -2.53. The molecule has 2 fully saturated rings. The first-order valence-corrected chi connectivity index (χ1v) is 16.0. The Morgan fingerprint density at radius 1 is 1.16 bits per heavy atom. The number of rotatable bonds is 10. The summed E-state index contributed by atoms with van der Waals surface area (Å²) >= 11 is 0. The quantitative estimate of drug-likeness (QED) is 0.313. The highest BCUT2D eigenvalue weighted by molar-refractivity contribution is 7.18. The number of nitrogens with zero attached hydrogens (tertiary/aromatic N) is 3. The lowest BCUT2D eigenvalue weighted by atomic mass is 9.78. The number of hydrogen-bond donors (Lipinski definition) is 1. The molecule has 0 bridgehead atoms. The van der Waals surface area contributed by atoms with Gasteiger partial charge in [-0.05, 0) is 75.1 Å². The number of benzene rings is 1. The molecule has 0 radical (unpaired) electrons. The van der Waals surface area contributed by atoms with Crippen molar-refractivity contribution < 1.29 is 18.3 Å². The van der Waals surface area contributed by atoms with Gasteiger partial charge in [0.05, 0.1) is 38.2 Å². The van der Waals surface area contributed by atoms with E-state index < -0.39 is 12.2 Å². The van der Waals surface area contributed by atoms with Gasteiger partial charge in [0.25, 0.3) is 5.66 Å². The average molecular weight is 613 g/mol. The zero-order valence-corrected chi connectivity index (χ0v) is 27.5. The predicted molar refractivity (Wildman–Crippen MR) is 174 cm³/mol. The van der Waals surface area contributed by atoms with Crippen molar-refractivity contribution in [1.82, 2.24) is 14.4 Å². The first-order valence-electron chi connectivity index (χ1n) is 15.4. The second-order valence-electron chi connectivity index (χ2n) is 12.9. The zero-order chi connectivity index (χ0) is 30.8. The molecule has 2 heterocycles. The molecule has 0 spiro atoms. The monoisotopic (exact) mass is 612 g/mol. The van der Waals surface area contributed by atoms with Gasteiger partial charge in [0.1, 0.15) is 5.75 Å². The van der Waals surface area contributed by atoms with Crippen molar-refractivity contribution in [2.24, 2.45) is 5.41 Å². The van der Waals surface area contributed by atoms with Gasteiger partial charge >= 0.3 is 0 Å². The maximum absolute atomic E-state index is 14.4. The first-order chi connectivity index (χ1) is 20.5. The number of aryl methyl sites for hydroxylation is 1. The maximum Gasteiger partial charge on any atom is 0.276 e. The SMILES string of the molecule is COCC1(C)CN(C2CCC(N(C)C3=c4cc(C#CCNc5ccc(C)cc5OC)n(CC(F)(F)P)c4=CCC3)CC2)C1. The third-order valence-corrected chi connectivity index (χ3v) is 9.48. The minimum atomic E-state index is -2.93. The van der Waals surface area contributed by atoms with Crippen LogP contribution in [0.1, 0.15) is 56.7 Å². The third kappa shape index (κ3) is 7.39. The fourth-order valence-corrected chi connectivity index (χ4v) is 7.41. The van der Waals surface area contributed by atoms with E-state index in [1.807, 2.05) is 31.2 Å². The van der Waals surface area contributed by atoms with Crippen LogP contribution in [0.2, 0.25) is 0 Å². The van der Waals surface area contributed by atoms with Gasteiger partial charge in [0.15, 0.2) is 0 Å². The van der Waals surface area contributed by atoms with Crippen LogP contribution < -0.4 is 20.6 Å². The van der Waals surface area contributed by atoms with Gasteiger partial charge in [-0.25, -0.2) is 8.78 Å². The number of fused-ring (bicyclic) bond motifs is 1. The molecule has 1 saturated heterocycles. The van der Waals surface area contributed by atoms with Crippen molar-refractivity contribution in [2.45, 2.75) is 76.7 Å². The number of ether oxygens (including phenoxy) is 2. The highest BCUT2D eigenvalue weighted by atomic mass is 31.0. The number of likely N-dealkylation sites (tertiary alicyclic amines) is 1. The highest BCUT2D eigenvalue weighted by Gasteiger charge is 2.43. The molecule has 9 heteroatoms. The molecule has 1 aliphatic heterocycles. The summed E-state index contributed by atoms with van der Waals surface area (Å²) in [4.78, 5) is 5.08. The van der Waals surface area contributed by atoms with Crippen LogP contribution in [-0.4, -0.2) is 79.6 Å². The van der Waals surface area contributed by atoms with Gasteiger partial charge in [0, 0.05) is 61.0 Å². The number of alkyl halides is 2. The van der Waals surface area contributed by atoms with E-state index in [0.717, 1.165) is 72.9 Å². The van der Waals surface area contributed by atoms with Crippen LogP contribution in [0.5, 0.6) is 5.75 Å². The predicted octanol–water partition coefficient (Wildman–Crippen LogP) is 4.63. The molecule has 43 heavy (non-hydrogen) atoms. The molecule has 1 aromatic heterocycles. The van der Waals surface area contributed by atoms with E-state index in [4.69, 9.17) is 9.47 Å². The summed E-state index contributed by atoms with van der Waals surface area (Å²) in [5, 5.41) is 5.20. The fourth-order valence-electron chi connectivity index (χ4n) is 7.23. The third-order valence-electron chi connectivity index (χ3n) is 9.30. The summed E-state index contributed by atoms with van der Waals surface area (Å²) in [5.41, 5.74) is 1.19. The minimum Gasteiger partial charge on any atom is -0.495 e. The largest absolute Gasteiger partial charge is 0.495 e. The van der Waals surface area contributed by atoms with Crippen molar-refractivity contribution in [3.63, 3.8) is 0 Å². The van der Waals surface area contributed by atoms with Crippen LogP contribution >= 0.6 is 9.24 Å². The van der Waals surface area contributed by atoms with Crippen LogP contribution in [0.3, 0.4) is 0 Å². The van der Waals surface area contributed by atoms with Crippen LogP contribution in [0.4, 0.5) is 14.5 Å². The van der Waals surface area contributed by atoms with E-state index in [1.165, 1.54) is 18.5 Å². The van der Waals surface area contributed by atoms with Crippen LogP contribution in [0.25, 0.3) is 11.8 Å². The molecule has 1 N–H and O–H groups in total. The Bertz CT molecular complexity index is 1470. The molecular formula is C34H47F2N4O2P. The molecule has 3 aliphatic rings. The normalized spacial score (nSPS) is 21.6. The van der Waals surface area contributed by atoms with Gasteiger partial charge in [-0.3, -0.25) is 4.90 Å². The van der Waals surface area contributed by atoms with Gasteiger partial charge in [-0.15, -0.1) is 0 Å². The van der Waals surface area contributed by atoms with Crippen LogP contribution in [-0.2, 0) is 11.3 Å².